The molecule has 1 N–H and O–H groups in total. The molecule has 1 aliphatic heterocycles. The Morgan fingerprint density at radius 2 is 1.76 bits per heavy atom. The highest BCUT2D eigenvalue weighted by atomic mass is 16.5. The molecule has 29 heavy (non-hydrogen) atoms. The van der Waals surface area contributed by atoms with E-state index in [4.69, 9.17) is 9.47 Å². The van der Waals surface area contributed by atoms with Gasteiger partial charge in [0.1, 0.15) is 11.5 Å². The molecule has 0 aromatic heterocycles. The van der Waals surface area contributed by atoms with Gasteiger partial charge in [0.2, 0.25) is 5.91 Å². The van der Waals surface area contributed by atoms with E-state index in [1.807, 2.05) is 37.3 Å². The molecule has 6 heteroatoms. The monoisotopic (exact) mass is 396 g/mol. The van der Waals surface area contributed by atoms with Crippen molar-refractivity contribution in [1.29, 1.82) is 0 Å². The van der Waals surface area contributed by atoms with Gasteiger partial charge in [0.05, 0.1) is 19.6 Å². The highest BCUT2D eigenvalue weighted by Gasteiger charge is 2.39. The van der Waals surface area contributed by atoms with Crippen molar-refractivity contribution < 1.29 is 19.1 Å². The van der Waals surface area contributed by atoms with Crippen LogP contribution < -0.4 is 14.8 Å². The van der Waals surface area contributed by atoms with Crippen molar-refractivity contribution in [1.82, 2.24) is 10.2 Å². The summed E-state index contributed by atoms with van der Waals surface area (Å²) in [4.78, 5) is 27.7. The number of hydrogen-bond acceptors (Lipinski definition) is 4. The molecular weight excluding hydrogens is 368 g/mol. The summed E-state index contributed by atoms with van der Waals surface area (Å²) in [5.41, 5.74) is 0.929. The second kappa shape index (κ2) is 8.99. The van der Waals surface area contributed by atoms with E-state index < -0.39 is 5.41 Å². The van der Waals surface area contributed by atoms with E-state index in [0.29, 0.717) is 30.9 Å². The average Bonchev–Trinajstić information content (AvgIpc) is 2.77. The third-order valence-electron chi connectivity index (χ3n) is 5.44. The predicted molar refractivity (Wildman–Crippen MR) is 111 cm³/mol. The number of nitrogens with zero attached hydrogens (tertiary/aromatic N) is 1. The largest absolute Gasteiger partial charge is 0.497 e. The standard InChI is InChI=1S/C23H28N2O4/c1-23(22(27)24-15-17-7-4-9-19(13-17)28-2)11-6-12-25(16-23)21(26)18-8-5-10-20(14-18)29-3/h4-5,7-10,13-14H,6,11-12,15-16H2,1-3H3,(H,24,27)/t23-/m1/s1. The first-order valence-corrected chi connectivity index (χ1v) is 9.80. The third kappa shape index (κ3) is 4.88. The van der Waals surface area contributed by atoms with Crippen LogP contribution in [0.3, 0.4) is 0 Å². The number of ether oxygens (including phenoxy) is 2. The Labute approximate surface area is 171 Å². The number of methoxy groups -OCH3 is 2. The van der Waals surface area contributed by atoms with Crippen LogP contribution in [-0.4, -0.2) is 44.0 Å². The van der Waals surface area contributed by atoms with E-state index in [1.54, 1.807) is 37.3 Å². The lowest BCUT2D eigenvalue weighted by Gasteiger charge is -2.39. The SMILES string of the molecule is COc1cccc(CNC(=O)[C@]2(C)CCCN(C(=O)c3cccc(OC)c3)C2)c1. The van der Waals surface area contributed by atoms with Gasteiger partial charge in [-0.3, -0.25) is 9.59 Å². The second-order valence-corrected chi connectivity index (χ2v) is 7.66. The molecule has 3 rings (SSSR count). The van der Waals surface area contributed by atoms with Gasteiger partial charge in [-0.25, -0.2) is 0 Å². The van der Waals surface area contributed by atoms with Crippen LogP contribution in [0.2, 0.25) is 0 Å². The number of benzene rings is 2. The van der Waals surface area contributed by atoms with Gasteiger partial charge in [-0.05, 0) is 55.7 Å². The quantitative estimate of drug-likeness (QED) is 0.814. The van der Waals surface area contributed by atoms with Crippen LogP contribution in [0.25, 0.3) is 0 Å². The summed E-state index contributed by atoms with van der Waals surface area (Å²) >= 11 is 0. The molecule has 0 saturated carbocycles. The zero-order valence-corrected chi connectivity index (χ0v) is 17.2. The maximum absolute atomic E-state index is 13.0. The lowest BCUT2D eigenvalue weighted by atomic mass is 9.80. The topological polar surface area (TPSA) is 67.9 Å². The van der Waals surface area contributed by atoms with Crippen LogP contribution in [-0.2, 0) is 11.3 Å². The van der Waals surface area contributed by atoms with E-state index in [2.05, 4.69) is 5.32 Å². The van der Waals surface area contributed by atoms with Crippen LogP contribution >= 0.6 is 0 Å². The fourth-order valence-electron chi connectivity index (χ4n) is 3.71. The normalized spacial score (nSPS) is 18.8. The van der Waals surface area contributed by atoms with Crippen molar-refractivity contribution in [3.8, 4) is 11.5 Å². The Morgan fingerprint density at radius 1 is 1.07 bits per heavy atom. The molecule has 0 bridgehead atoms. The number of nitrogens with one attached hydrogen (secondary N) is 1. The third-order valence-corrected chi connectivity index (χ3v) is 5.44. The lowest BCUT2D eigenvalue weighted by Crippen LogP contribution is -2.51. The Hall–Kier alpha value is -3.02. The number of hydrogen-bond donors (Lipinski definition) is 1. The Balaban J connectivity index is 1.65. The molecule has 1 atom stereocenters. The van der Waals surface area contributed by atoms with Gasteiger partial charge in [-0.15, -0.1) is 0 Å². The van der Waals surface area contributed by atoms with E-state index in [-0.39, 0.29) is 11.8 Å². The number of rotatable bonds is 6. The number of amides is 2. The van der Waals surface area contributed by atoms with Crippen LogP contribution in [0, 0.1) is 5.41 Å². The van der Waals surface area contributed by atoms with Gasteiger partial charge in [-0.2, -0.15) is 0 Å². The smallest absolute Gasteiger partial charge is 0.254 e. The number of carbonyl (C=O) groups is 2. The molecule has 0 radical (unpaired) electrons. The summed E-state index contributed by atoms with van der Waals surface area (Å²) in [6, 6.07) is 14.7. The highest BCUT2D eigenvalue weighted by Crippen LogP contribution is 2.31. The van der Waals surface area contributed by atoms with Gasteiger partial charge >= 0.3 is 0 Å². The van der Waals surface area contributed by atoms with E-state index in [1.165, 1.54) is 0 Å². The molecule has 1 saturated heterocycles. The molecule has 1 fully saturated rings. The Morgan fingerprint density at radius 3 is 2.48 bits per heavy atom. The van der Waals surface area contributed by atoms with Gasteiger partial charge in [0.25, 0.3) is 5.91 Å². The number of carbonyl (C=O) groups excluding carboxylic acids is 2. The fraction of sp³-hybridized carbons (Fsp3) is 0.391. The maximum Gasteiger partial charge on any atom is 0.254 e. The van der Waals surface area contributed by atoms with E-state index in [9.17, 15) is 9.59 Å². The minimum absolute atomic E-state index is 0.0385. The maximum atomic E-state index is 13.0. The molecule has 6 nitrogen and oxygen atoms in total. The van der Waals surface area contributed by atoms with Crippen molar-refractivity contribution in [3.05, 3.63) is 59.7 Å². The van der Waals surface area contributed by atoms with Gasteiger partial charge in [-0.1, -0.05) is 18.2 Å². The zero-order valence-electron chi connectivity index (χ0n) is 17.2. The molecule has 0 spiro atoms. The Kier molecular flexibility index (Phi) is 6.42. The fourth-order valence-corrected chi connectivity index (χ4v) is 3.71. The number of piperidine rings is 1. The van der Waals surface area contributed by atoms with Crippen molar-refractivity contribution in [3.63, 3.8) is 0 Å². The molecular formula is C23H28N2O4. The molecule has 2 aromatic carbocycles. The van der Waals surface area contributed by atoms with Crippen LogP contribution in [0.1, 0.15) is 35.7 Å². The lowest BCUT2D eigenvalue weighted by molar-refractivity contribution is -0.132. The van der Waals surface area contributed by atoms with Crippen LogP contribution in [0.4, 0.5) is 0 Å². The van der Waals surface area contributed by atoms with Crippen LogP contribution in [0.15, 0.2) is 48.5 Å². The number of likely N-dealkylation sites (tertiary alicyclic amines) is 1. The van der Waals surface area contributed by atoms with Crippen molar-refractivity contribution in [2.24, 2.45) is 5.41 Å². The molecule has 154 valence electrons. The second-order valence-electron chi connectivity index (χ2n) is 7.66. The van der Waals surface area contributed by atoms with E-state index in [0.717, 1.165) is 24.2 Å². The van der Waals surface area contributed by atoms with Crippen molar-refractivity contribution in [2.75, 3.05) is 27.3 Å². The first-order chi connectivity index (χ1) is 13.9. The van der Waals surface area contributed by atoms with Gasteiger partial charge in [0, 0.05) is 25.2 Å². The minimum Gasteiger partial charge on any atom is -0.497 e. The molecule has 2 amide bonds. The first kappa shape index (κ1) is 20.7. The summed E-state index contributed by atoms with van der Waals surface area (Å²) in [6.45, 7) is 3.40. The summed E-state index contributed by atoms with van der Waals surface area (Å²) < 4.78 is 10.4. The first-order valence-electron chi connectivity index (χ1n) is 9.80. The Bertz CT molecular complexity index is 883. The predicted octanol–water partition coefficient (Wildman–Crippen LogP) is 3.26. The highest BCUT2D eigenvalue weighted by molar-refractivity contribution is 5.95. The van der Waals surface area contributed by atoms with Crippen molar-refractivity contribution >= 4 is 11.8 Å². The van der Waals surface area contributed by atoms with Crippen LogP contribution in [0.5, 0.6) is 11.5 Å². The molecule has 0 unspecified atom stereocenters. The summed E-state index contributed by atoms with van der Waals surface area (Å²) in [7, 11) is 3.20. The zero-order chi connectivity index (χ0) is 20.9. The molecule has 1 aliphatic rings. The molecule has 1 heterocycles. The average molecular weight is 396 g/mol. The molecule has 0 aliphatic carbocycles. The summed E-state index contributed by atoms with van der Waals surface area (Å²) in [5, 5.41) is 3.03. The molecule has 2 aromatic rings. The van der Waals surface area contributed by atoms with E-state index >= 15 is 0 Å². The van der Waals surface area contributed by atoms with Gasteiger partial charge < -0.3 is 19.7 Å². The summed E-state index contributed by atoms with van der Waals surface area (Å²) in [6.07, 6.45) is 1.54. The summed E-state index contributed by atoms with van der Waals surface area (Å²) in [5.74, 6) is 1.29. The minimum atomic E-state index is -0.619. The van der Waals surface area contributed by atoms with Gasteiger partial charge in [0.15, 0.2) is 0 Å². The van der Waals surface area contributed by atoms with Crippen molar-refractivity contribution in [2.45, 2.75) is 26.3 Å².